The Hall–Kier alpha value is -2.74. The molecule has 0 spiro atoms. The van der Waals surface area contributed by atoms with Gasteiger partial charge < -0.3 is 4.90 Å². The van der Waals surface area contributed by atoms with Crippen molar-refractivity contribution < 1.29 is 9.72 Å². The van der Waals surface area contributed by atoms with Crippen molar-refractivity contribution >= 4 is 17.3 Å². The predicted octanol–water partition coefficient (Wildman–Crippen LogP) is 1.96. The van der Waals surface area contributed by atoms with Crippen LogP contribution in [0.15, 0.2) is 36.7 Å². The largest absolute Gasteiger partial charge is 0.308 e. The van der Waals surface area contributed by atoms with Gasteiger partial charge in [0, 0.05) is 38.5 Å². The lowest BCUT2D eigenvalue weighted by atomic mass is 10.0. The van der Waals surface area contributed by atoms with E-state index in [-0.39, 0.29) is 17.6 Å². The van der Waals surface area contributed by atoms with Gasteiger partial charge in [-0.3, -0.25) is 24.5 Å². The van der Waals surface area contributed by atoms with Crippen LogP contribution in [0.25, 0.3) is 0 Å². The lowest BCUT2D eigenvalue weighted by molar-refractivity contribution is -0.384. The molecule has 1 aromatic carbocycles. The third kappa shape index (κ3) is 3.69. The number of rotatable bonds is 5. The van der Waals surface area contributed by atoms with Crippen molar-refractivity contribution in [1.82, 2.24) is 14.7 Å². The van der Waals surface area contributed by atoms with Gasteiger partial charge in [0.15, 0.2) is 0 Å². The summed E-state index contributed by atoms with van der Waals surface area (Å²) in [7, 11) is 3.74. The van der Waals surface area contributed by atoms with E-state index in [0.717, 1.165) is 24.1 Å². The molecule has 0 aliphatic carbocycles. The van der Waals surface area contributed by atoms with Gasteiger partial charge >= 0.3 is 0 Å². The topological polar surface area (TPSA) is 84.5 Å². The fourth-order valence-electron chi connectivity index (χ4n) is 3.19. The Morgan fingerprint density at radius 2 is 2.08 bits per heavy atom. The van der Waals surface area contributed by atoms with Crippen molar-refractivity contribution in [1.29, 1.82) is 0 Å². The SMILES string of the molecule is CN(Cc1ccc([N+](=O)[O-])cc1)[C@H]1CCCN(c2cnn(C)c2)C1=O. The molecule has 8 nitrogen and oxygen atoms in total. The van der Waals surface area contributed by atoms with Crippen LogP contribution in [-0.4, -0.2) is 45.1 Å². The summed E-state index contributed by atoms with van der Waals surface area (Å²) in [6, 6.07) is 6.26. The molecule has 1 fully saturated rings. The summed E-state index contributed by atoms with van der Waals surface area (Å²) in [5, 5.41) is 14.9. The third-order valence-electron chi connectivity index (χ3n) is 4.52. The third-order valence-corrected chi connectivity index (χ3v) is 4.52. The van der Waals surface area contributed by atoms with Crippen LogP contribution in [0.3, 0.4) is 0 Å². The van der Waals surface area contributed by atoms with Crippen LogP contribution < -0.4 is 4.90 Å². The van der Waals surface area contributed by atoms with Gasteiger partial charge in [-0.2, -0.15) is 5.10 Å². The molecule has 8 heteroatoms. The number of nitrogens with zero attached hydrogens (tertiary/aromatic N) is 5. The van der Waals surface area contributed by atoms with Gasteiger partial charge in [-0.15, -0.1) is 0 Å². The van der Waals surface area contributed by atoms with Crippen molar-refractivity contribution in [3.63, 3.8) is 0 Å². The van der Waals surface area contributed by atoms with Gasteiger partial charge in [-0.25, -0.2) is 0 Å². The number of likely N-dealkylation sites (N-methyl/N-ethyl adjacent to an activating group) is 1. The summed E-state index contributed by atoms with van der Waals surface area (Å²) < 4.78 is 1.69. The summed E-state index contributed by atoms with van der Waals surface area (Å²) in [5.41, 5.74) is 1.84. The highest BCUT2D eigenvalue weighted by atomic mass is 16.6. The molecule has 132 valence electrons. The first-order valence-electron chi connectivity index (χ1n) is 8.19. The molecule has 2 aromatic rings. The molecule has 1 aromatic heterocycles. The van der Waals surface area contributed by atoms with Crippen LogP contribution in [-0.2, 0) is 18.4 Å². The molecule has 1 saturated heterocycles. The summed E-state index contributed by atoms with van der Waals surface area (Å²) in [6.45, 7) is 1.27. The molecule has 1 aliphatic rings. The molecule has 3 rings (SSSR count). The van der Waals surface area contributed by atoms with Crippen LogP contribution in [0, 0.1) is 10.1 Å². The van der Waals surface area contributed by atoms with Gasteiger partial charge in [0.2, 0.25) is 5.91 Å². The zero-order valence-corrected chi connectivity index (χ0v) is 14.3. The molecule has 0 bridgehead atoms. The van der Waals surface area contributed by atoms with Crippen LogP contribution in [0.2, 0.25) is 0 Å². The monoisotopic (exact) mass is 343 g/mol. The molecule has 25 heavy (non-hydrogen) atoms. The maximum absolute atomic E-state index is 12.9. The minimum Gasteiger partial charge on any atom is -0.308 e. The number of non-ortho nitro benzene ring substituents is 1. The molecule has 0 N–H and O–H groups in total. The lowest BCUT2D eigenvalue weighted by Crippen LogP contribution is -2.51. The molecule has 0 radical (unpaired) electrons. The van der Waals surface area contributed by atoms with Crippen molar-refractivity contribution in [2.45, 2.75) is 25.4 Å². The van der Waals surface area contributed by atoms with Gasteiger partial charge in [0.1, 0.15) is 0 Å². The second-order valence-corrected chi connectivity index (χ2v) is 6.36. The van der Waals surface area contributed by atoms with Crippen molar-refractivity contribution in [2.75, 3.05) is 18.5 Å². The fraction of sp³-hybridized carbons (Fsp3) is 0.412. The molecular weight excluding hydrogens is 322 g/mol. The van der Waals surface area contributed by atoms with Crippen LogP contribution in [0.5, 0.6) is 0 Å². The normalized spacial score (nSPS) is 18.0. The number of hydrogen-bond donors (Lipinski definition) is 0. The second-order valence-electron chi connectivity index (χ2n) is 6.36. The highest BCUT2D eigenvalue weighted by molar-refractivity contribution is 5.97. The number of piperidine rings is 1. The van der Waals surface area contributed by atoms with E-state index in [1.165, 1.54) is 12.1 Å². The average Bonchev–Trinajstić information content (AvgIpc) is 3.01. The van der Waals surface area contributed by atoms with Gasteiger partial charge in [0.05, 0.1) is 22.8 Å². The number of carbonyl (C=O) groups excluding carboxylic acids is 1. The summed E-state index contributed by atoms with van der Waals surface area (Å²) in [5.74, 6) is 0.0728. The van der Waals surface area contributed by atoms with E-state index >= 15 is 0 Å². The number of amides is 1. The first-order valence-corrected chi connectivity index (χ1v) is 8.19. The highest BCUT2D eigenvalue weighted by Gasteiger charge is 2.32. The smallest absolute Gasteiger partial charge is 0.269 e. The van der Waals surface area contributed by atoms with E-state index in [2.05, 4.69) is 5.10 Å². The molecule has 1 aliphatic heterocycles. The van der Waals surface area contributed by atoms with E-state index in [9.17, 15) is 14.9 Å². The molecule has 2 heterocycles. The summed E-state index contributed by atoms with van der Waals surface area (Å²) in [6.07, 6.45) is 5.28. The number of anilines is 1. The number of nitro benzene ring substituents is 1. The summed E-state index contributed by atoms with van der Waals surface area (Å²) >= 11 is 0. The molecule has 1 atom stereocenters. The maximum atomic E-state index is 12.9. The number of benzene rings is 1. The number of carbonyl (C=O) groups is 1. The first kappa shape index (κ1) is 17.1. The standard InChI is InChI=1S/C17H21N5O3/c1-19(11-13-5-7-14(8-6-13)22(24)25)16-4-3-9-21(17(16)23)15-10-18-20(2)12-15/h5-8,10,12,16H,3-4,9,11H2,1-2H3/t16-/m0/s1. The Kier molecular flexibility index (Phi) is 4.80. The van der Waals surface area contributed by atoms with Gasteiger partial charge in [-0.05, 0) is 25.5 Å². The van der Waals surface area contributed by atoms with Crippen molar-refractivity contribution in [3.8, 4) is 0 Å². The minimum absolute atomic E-state index is 0.0721. The Morgan fingerprint density at radius 1 is 1.36 bits per heavy atom. The quantitative estimate of drug-likeness (QED) is 0.612. The first-order chi connectivity index (χ1) is 12.0. The zero-order chi connectivity index (χ0) is 18.0. The Morgan fingerprint density at radius 3 is 2.68 bits per heavy atom. The van der Waals surface area contributed by atoms with E-state index in [1.807, 2.05) is 25.2 Å². The highest BCUT2D eigenvalue weighted by Crippen LogP contribution is 2.24. The number of aromatic nitrogens is 2. The number of nitro groups is 1. The molecule has 0 saturated carbocycles. The molecular formula is C17H21N5O3. The van der Waals surface area contributed by atoms with Gasteiger partial charge in [-0.1, -0.05) is 12.1 Å². The van der Waals surface area contributed by atoms with E-state index in [1.54, 1.807) is 27.9 Å². The maximum Gasteiger partial charge on any atom is 0.269 e. The predicted molar refractivity (Wildman–Crippen MR) is 93.1 cm³/mol. The van der Waals surface area contributed by atoms with E-state index < -0.39 is 4.92 Å². The lowest BCUT2D eigenvalue weighted by Gasteiger charge is -2.36. The fourth-order valence-corrected chi connectivity index (χ4v) is 3.19. The Labute approximate surface area is 145 Å². The Balaban J connectivity index is 1.69. The van der Waals surface area contributed by atoms with Crippen LogP contribution in [0.1, 0.15) is 18.4 Å². The van der Waals surface area contributed by atoms with Crippen molar-refractivity contribution in [2.24, 2.45) is 7.05 Å². The minimum atomic E-state index is -0.413. The molecule has 1 amide bonds. The van der Waals surface area contributed by atoms with Crippen LogP contribution >= 0.6 is 0 Å². The van der Waals surface area contributed by atoms with Crippen LogP contribution in [0.4, 0.5) is 11.4 Å². The molecule has 0 unspecified atom stereocenters. The second kappa shape index (κ2) is 7.02. The zero-order valence-electron chi connectivity index (χ0n) is 14.3. The van der Waals surface area contributed by atoms with E-state index in [4.69, 9.17) is 0 Å². The average molecular weight is 343 g/mol. The van der Waals surface area contributed by atoms with E-state index in [0.29, 0.717) is 13.1 Å². The number of hydrogen-bond acceptors (Lipinski definition) is 5. The Bertz CT molecular complexity index is 771. The van der Waals surface area contributed by atoms with Gasteiger partial charge in [0.25, 0.3) is 5.69 Å². The summed E-state index contributed by atoms with van der Waals surface area (Å²) in [4.78, 5) is 27.0. The number of aryl methyl sites for hydroxylation is 1. The van der Waals surface area contributed by atoms with Crippen molar-refractivity contribution in [3.05, 3.63) is 52.3 Å².